The van der Waals surface area contributed by atoms with Gasteiger partial charge in [-0.1, -0.05) is 11.6 Å². The Kier molecular flexibility index (Phi) is 3.56. The minimum Gasteiger partial charge on any atom is -0.477 e. The Morgan fingerprint density at radius 1 is 1.30 bits per heavy atom. The van der Waals surface area contributed by atoms with Crippen molar-refractivity contribution in [2.24, 2.45) is 0 Å². The van der Waals surface area contributed by atoms with E-state index in [4.69, 9.17) is 16.7 Å². The van der Waals surface area contributed by atoms with Crippen molar-refractivity contribution in [3.8, 4) is 0 Å². The lowest BCUT2D eigenvalue weighted by atomic mass is 10.2. The van der Waals surface area contributed by atoms with Crippen molar-refractivity contribution in [2.75, 3.05) is 5.32 Å². The molecular formula is C12H8ClN3O2S2. The lowest BCUT2D eigenvalue weighted by molar-refractivity contribution is 0.0702. The van der Waals surface area contributed by atoms with Crippen molar-refractivity contribution >= 4 is 57.4 Å². The minimum absolute atomic E-state index is 0.321. The van der Waals surface area contributed by atoms with E-state index in [1.54, 1.807) is 18.2 Å². The first-order chi connectivity index (χ1) is 9.65. The molecule has 0 fully saturated rings. The van der Waals surface area contributed by atoms with Crippen molar-refractivity contribution < 1.29 is 9.90 Å². The van der Waals surface area contributed by atoms with Gasteiger partial charge in [0.25, 0.3) is 0 Å². The SMILES string of the molecule is O=C(O)c1ccc(CNc2c(Cl)ccc3nsnc23)s1. The zero-order chi connectivity index (χ0) is 14.1. The molecule has 0 atom stereocenters. The number of fused-ring (bicyclic) bond motifs is 1. The third kappa shape index (κ3) is 2.47. The predicted octanol–water partition coefficient (Wildman–Crippen LogP) is 3.72. The molecular weight excluding hydrogens is 318 g/mol. The van der Waals surface area contributed by atoms with Gasteiger partial charge in [0.1, 0.15) is 15.9 Å². The van der Waals surface area contributed by atoms with Crippen LogP contribution in [0.2, 0.25) is 5.02 Å². The highest BCUT2D eigenvalue weighted by Gasteiger charge is 2.11. The molecule has 0 saturated carbocycles. The number of aromatic nitrogens is 2. The molecule has 0 saturated heterocycles. The van der Waals surface area contributed by atoms with Crippen LogP contribution in [0.15, 0.2) is 24.3 Å². The number of nitrogens with one attached hydrogen (secondary N) is 1. The molecule has 3 rings (SSSR count). The zero-order valence-electron chi connectivity index (χ0n) is 9.96. The van der Waals surface area contributed by atoms with Crippen molar-refractivity contribution in [2.45, 2.75) is 6.54 Å². The Bertz CT molecular complexity index is 784. The molecule has 5 nitrogen and oxygen atoms in total. The summed E-state index contributed by atoms with van der Waals surface area (Å²) in [5.74, 6) is -0.912. The van der Waals surface area contributed by atoms with E-state index in [1.807, 2.05) is 6.07 Å². The average molecular weight is 326 g/mol. The van der Waals surface area contributed by atoms with E-state index < -0.39 is 5.97 Å². The van der Waals surface area contributed by atoms with Crippen LogP contribution in [0.25, 0.3) is 11.0 Å². The molecule has 0 radical (unpaired) electrons. The van der Waals surface area contributed by atoms with Gasteiger partial charge in [-0.2, -0.15) is 8.75 Å². The molecule has 2 heterocycles. The smallest absolute Gasteiger partial charge is 0.345 e. The predicted molar refractivity (Wildman–Crippen MR) is 81.0 cm³/mol. The van der Waals surface area contributed by atoms with E-state index in [1.165, 1.54) is 11.3 Å². The number of aromatic carboxylic acids is 1. The van der Waals surface area contributed by atoms with E-state index in [2.05, 4.69) is 14.1 Å². The van der Waals surface area contributed by atoms with Gasteiger partial charge in [0, 0.05) is 11.4 Å². The maximum Gasteiger partial charge on any atom is 0.345 e. The Balaban J connectivity index is 1.84. The van der Waals surface area contributed by atoms with Crippen LogP contribution in [0.1, 0.15) is 14.5 Å². The van der Waals surface area contributed by atoms with Crippen LogP contribution in [-0.4, -0.2) is 19.8 Å². The minimum atomic E-state index is -0.912. The van der Waals surface area contributed by atoms with Crippen molar-refractivity contribution in [3.05, 3.63) is 39.0 Å². The molecule has 0 aliphatic heterocycles. The van der Waals surface area contributed by atoms with Crippen LogP contribution in [0.4, 0.5) is 5.69 Å². The highest BCUT2D eigenvalue weighted by molar-refractivity contribution is 7.13. The van der Waals surface area contributed by atoms with E-state index in [0.29, 0.717) is 16.4 Å². The molecule has 0 unspecified atom stereocenters. The number of nitrogens with zero attached hydrogens (tertiary/aromatic N) is 2. The second kappa shape index (κ2) is 5.35. The number of halogens is 1. The van der Waals surface area contributed by atoms with Crippen LogP contribution in [0, 0.1) is 0 Å². The number of hydrogen-bond acceptors (Lipinski definition) is 6. The van der Waals surface area contributed by atoms with Crippen LogP contribution in [0.3, 0.4) is 0 Å². The average Bonchev–Trinajstić information content (AvgIpc) is 3.05. The van der Waals surface area contributed by atoms with E-state index >= 15 is 0 Å². The van der Waals surface area contributed by atoms with Gasteiger partial charge in [-0.25, -0.2) is 4.79 Å². The highest BCUT2D eigenvalue weighted by Crippen LogP contribution is 2.30. The highest BCUT2D eigenvalue weighted by atomic mass is 35.5. The van der Waals surface area contributed by atoms with E-state index in [9.17, 15) is 4.79 Å². The van der Waals surface area contributed by atoms with Crippen molar-refractivity contribution in [1.82, 2.24) is 8.75 Å². The fourth-order valence-corrected chi connectivity index (χ4v) is 3.31. The summed E-state index contributed by atoms with van der Waals surface area (Å²) in [6.45, 7) is 0.494. The molecule has 20 heavy (non-hydrogen) atoms. The molecule has 0 spiro atoms. The summed E-state index contributed by atoms with van der Waals surface area (Å²) in [6.07, 6.45) is 0. The lowest BCUT2D eigenvalue weighted by Gasteiger charge is -2.07. The summed E-state index contributed by atoms with van der Waals surface area (Å²) in [5.41, 5.74) is 2.25. The number of carboxylic acid groups (broad SMARTS) is 1. The quantitative estimate of drug-likeness (QED) is 0.764. The van der Waals surface area contributed by atoms with Gasteiger partial charge in [-0.3, -0.25) is 0 Å². The Labute approximate surface area is 127 Å². The second-order valence-electron chi connectivity index (χ2n) is 3.98. The van der Waals surface area contributed by atoms with Gasteiger partial charge < -0.3 is 10.4 Å². The third-order valence-corrected chi connectivity index (χ3v) is 4.62. The van der Waals surface area contributed by atoms with Gasteiger partial charge in [0.2, 0.25) is 0 Å². The molecule has 0 aliphatic rings. The first kappa shape index (κ1) is 13.3. The molecule has 102 valence electrons. The largest absolute Gasteiger partial charge is 0.477 e. The van der Waals surface area contributed by atoms with Crippen molar-refractivity contribution in [1.29, 1.82) is 0 Å². The number of rotatable bonds is 4. The van der Waals surface area contributed by atoms with Crippen LogP contribution >= 0.6 is 34.7 Å². The monoisotopic (exact) mass is 325 g/mol. The number of hydrogen-bond donors (Lipinski definition) is 2. The summed E-state index contributed by atoms with van der Waals surface area (Å²) in [4.78, 5) is 12.1. The number of thiophene rings is 1. The molecule has 0 amide bonds. The third-order valence-electron chi connectivity index (χ3n) is 2.69. The summed E-state index contributed by atoms with van der Waals surface area (Å²) < 4.78 is 8.38. The van der Waals surface area contributed by atoms with E-state index in [-0.39, 0.29) is 0 Å². The van der Waals surface area contributed by atoms with Crippen LogP contribution in [-0.2, 0) is 6.54 Å². The molecule has 2 N–H and O–H groups in total. The van der Waals surface area contributed by atoms with Crippen molar-refractivity contribution in [3.63, 3.8) is 0 Å². The number of benzene rings is 1. The van der Waals surface area contributed by atoms with Crippen LogP contribution < -0.4 is 5.32 Å². The number of carbonyl (C=O) groups is 1. The fraction of sp³-hybridized carbons (Fsp3) is 0.0833. The summed E-state index contributed by atoms with van der Waals surface area (Å²) >= 11 is 8.53. The number of anilines is 1. The standard InChI is InChI=1S/C12H8ClN3O2S2/c13-7-2-3-8-11(16-20-15-8)10(7)14-5-6-1-4-9(19-6)12(17)18/h1-4,14H,5H2,(H,17,18). The zero-order valence-corrected chi connectivity index (χ0v) is 12.3. The molecule has 1 aromatic carbocycles. The normalized spacial score (nSPS) is 10.8. The second-order valence-corrected chi connectivity index (χ2v) is 6.08. The number of carboxylic acids is 1. The molecule has 2 aromatic heterocycles. The summed E-state index contributed by atoms with van der Waals surface area (Å²) in [7, 11) is 0. The Morgan fingerprint density at radius 2 is 2.15 bits per heavy atom. The van der Waals surface area contributed by atoms with Crippen LogP contribution in [0.5, 0.6) is 0 Å². The lowest BCUT2D eigenvalue weighted by Crippen LogP contribution is -1.99. The van der Waals surface area contributed by atoms with Gasteiger partial charge in [0.05, 0.1) is 22.4 Å². The maximum absolute atomic E-state index is 10.8. The van der Waals surface area contributed by atoms with Gasteiger partial charge in [-0.15, -0.1) is 11.3 Å². The Morgan fingerprint density at radius 3 is 2.90 bits per heavy atom. The first-order valence-electron chi connectivity index (χ1n) is 5.62. The summed E-state index contributed by atoms with van der Waals surface area (Å²) in [5, 5.41) is 12.7. The first-order valence-corrected chi connectivity index (χ1v) is 7.54. The molecule has 8 heteroatoms. The topological polar surface area (TPSA) is 75.1 Å². The van der Waals surface area contributed by atoms with Gasteiger partial charge >= 0.3 is 5.97 Å². The Hall–Kier alpha value is -1.70. The fourth-order valence-electron chi connectivity index (χ4n) is 1.76. The molecule has 0 bridgehead atoms. The van der Waals surface area contributed by atoms with Gasteiger partial charge in [0.15, 0.2) is 0 Å². The van der Waals surface area contributed by atoms with E-state index in [0.717, 1.165) is 33.3 Å². The molecule has 3 aromatic rings. The van der Waals surface area contributed by atoms with Gasteiger partial charge in [-0.05, 0) is 24.3 Å². The maximum atomic E-state index is 10.8. The summed E-state index contributed by atoms with van der Waals surface area (Å²) in [6, 6.07) is 6.97. The molecule has 0 aliphatic carbocycles.